The number of amides is 1. The van der Waals surface area contributed by atoms with E-state index in [9.17, 15) is 4.79 Å². The highest BCUT2D eigenvalue weighted by atomic mass is 16.1. The molecule has 7 nitrogen and oxygen atoms in total. The zero-order valence-electron chi connectivity index (χ0n) is 11.9. The van der Waals surface area contributed by atoms with Gasteiger partial charge < -0.3 is 9.88 Å². The van der Waals surface area contributed by atoms with Crippen LogP contribution in [0.25, 0.3) is 5.82 Å². The Labute approximate surface area is 121 Å². The number of hydrogen-bond donors (Lipinski definition) is 2. The summed E-state index contributed by atoms with van der Waals surface area (Å²) in [4.78, 5) is 12.5. The van der Waals surface area contributed by atoms with Crippen molar-refractivity contribution in [1.29, 1.82) is 0 Å². The SMILES string of the molecule is CCc1cn[nH]c1NC(=O)c1cnn(C)c1-n1cccc1. The van der Waals surface area contributed by atoms with Crippen LogP contribution in [0.15, 0.2) is 36.9 Å². The highest BCUT2D eigenvalue weighted by molar-refractivity contribution is 6.06. The molecule has 3 aromatic heterocycles. The molecule has 1 amide bonds. The number of nitrogens with one attached hydrogen (secondary N) is 2. The minimum absolute atomic E-state index is 0.217. The van der Waals surface area contributed by atoms with Crippen LogP contribution in [0.3, 0.4) is 0 Å². The average Bonchev–Trinajstić information content (AvgIpc) is 3.17. The molecule has 0 aliphatic rings. The number of aryl methyl sites for hydroxylation is 2. The van der Waals surface area contributed by atoms with Crippen LogP contribution >= 0.6 is 0 Å². The second kappa shape index (κ2) is 5.28. The largest absolute Gasteiger partial charge is 0.308 e. The normalized spacial score (nSPS) is 10.8. The Hall–Kier alpha value is -2.83. The molecule has 3 rings (SSSR count). The van der Waals surface area contributed by atoms with E-state index in [0.717, 1.165) is 17.8 Å². The number of hydrogen-bond acceptors (Lipinski definition) is 3. The summed E-state index contributed by atoms with van der Waals surface area (Å²) >= 11 is 0. The lowest BCUT2D eigenvalue weighted by Crippen LogP contribution is -2.16. The van der Waals surface area contributed by atoms with Crippen LogP contribution in [0.1, 0.15) is 22.8 Å². The standard InChI is InChI=1S/C14H16N6O/c1-3-10-8-15-18-12(10)17-13(21)11-9-16-19(2)14(11)20-6-4-5-7-20/h4-9H,3H2,1-2H3,(H2,15,17,18,21). The maximum atomic E-state index is 12.5. The van der Waals surface area contributed by atoms with Crippen molar-refractivity contribution in [2.24, 2.45) is 7.05 Å². The molecule has 0 atom stereocenters. The molecule has 0 aliphatic heterocycles. The first-order chi connectivity index (χ1) is 10.2. The van der Waals surface area contributed by atoms with Crippen molar-refractivity contribution in [2.45, 2.75) is 13.3 Å². The van der Waals surface area contributed by atoms with Gasteiger partial charge in [0.25, 0.3) is 5.91 Å². The van der Waals surface area contributed by atoms with Crippen LogP contribution in [-0.2, 0) is 13.5 Å². The van der Waals surface area contributed by atoms with Gasteiger partial charge in [0.2, 0.25) is 0 Å². The number of carbonyl (C=O) groups excluding carboxylic acids is 1. The summed E-state index contributed by atoms with van der Waals surface area (Å²) in [6.45, 7) is 2.01. The van der Waals surface area contributed by atoms with Crippen LogP contribution in [0.4, 0.5) is 5.82 Å². The Balaban J connectivity index is 1.93. The smallest absolute Gasteiger partial charge is 0.262 e. The number of nitrogens with zero attached hydrogens (tertiary/aromatic N) is 4. The molecule has 0 unspecified atom stereocenters. The lowest BCUT2D eigenvalue weighted by Gasteiger charge is -2.08. The molecule has 2 N–H and O–H groups in total. The van der Waals surface area contributed by atoms with Crippen LogP contribution in [0.5, 0.6) is 0 Å². The topological polar surface area (TPSA) is 80.5 Å². The molecule has 0 aromatic carbocycles. The quantitative estimate of drug-likeness (QED) is 0.766. The molecule has 0 aliphatic carbocycles. The number of H-pyrrole nitrogens is 1. The van der Waals surface area contributed by atoms with Gasteiger partial charge in [-0.15, -0.1) is 0 Å². The van der Waals surface area contributed by atoms with E-state index >= 15 is 0 Å². The second-order valence-electron chi connectivity index (χ2n) is 4.67. The van der Waals surface area contributed by atoms with E-state index in [1.807, 2.05) is 36.0 Å². The second-order valence-corrected chi connectivity index (χ2v) is 4.67. The van der Waals surface area contributed by atoms with Crippen molar-refractivity contribution < 1.29 is 4.79 Å². The Bertz CT molecular complexity index is 752. The minimum Gasteiger partial charge on any atom is -0.308 e. The molecule has 0 radical (unpaired) electrons. The van der Waals surface area contributed by atoms with Gasteiger partial charge in [0, 0.05) is 25.0 Å². The third-order valence-corrected chi connectivity index (χ3v) is 3.34. The minimum atomic E-state index is -0.217. The molecule has 0 fully saturated rings. The molecule has 21 heavy (non-hydrogen) atoms. The molecular formula is C14H16N6O. The summed E-state index contributed by atoms with van der Waals surface area (Å²) in [6.07, 6.45) is 7.82. The van der Waals surface area contributed by atoms with Gasteiger partial charge in [-0.05, 0) is 18.6 Å². The molecule has 0 spiro atoms. The summed E-state index contributed by atoms with van der Waals surface area (Å²) in [7, 11) is 1.81. The fraction of sp³-hybridized carbons (Fsp3) is 0.214. The maximum Gasteiger partial charge on any atom is 0.262 e. The molecule has 3 aromatic rings. The highest BCUT2D eigenvalue weighted by Crippen LogP contribution is 2.17. The first-order valence-electron chi connectivity index (χ1n) is 6.69. The van der Waals surface area contributed by atoms with Crippen molar-refractivity contribution >= 4 is 11.7 Å². The summed E-state index contributed by atoms with van der Waals surface area (Å²) in [5.74, 6) is 1.13. The lowest BCUT2D eigenvalue weighted by atomic mass is 10.2. The van der Waals surface area contributed by atoms with E-state index in [-0.39, 0.29) is 5.91 Å². The van der Waals surface area contributed by atoms with E-state index in [1.54, 1.807) is 24.1 Å². The fourth-order valence-corrected chi connectivity index (χ4v) is 2.24. The number of carbonyl (C=O) groups is 1. The molecule has 3 heterocycles. The summed E-state index contributed by atoms with van der Waals surface area (Å²) < 4.78 is 3.53. The summed E-state index contributed by atoms with van der Waals surface area (Å²) in [5.41, 5.74) is 1.47. The van der Waals surface area contributed by atoms with Crippen molar-refractivity contribution in [2.75, 3.05) is 5.32 Å². The van der Waals surface area contributed by atoms with Gasteiger partial charge >= 0.3 is 0 Å². The summed E-state index contributed by atoms with van der Waals surface area (Å²) in [6, 6.07) is 3.80. The third-order valence-electron chi connectivity index (χ3n) is 3.34. The number of aromatic amines is 1. The van der Waals surface area contributed by atoms with Crippen molar-refractivity contribution in [1.82, 2.24) is 24.5 Å². The van der Waals surface area contributed by atoms with Crippen LogP contribution < -0.4 is 5.32 Å². The first kappa shape index (κ1) is 13.2. The fourth-order valence-electron chi connectivity index (χ4n) is 2.24. The zero-order chi connectivity index (χ0) is 14.8. The molecule has 0 bridgehead atoms. The average molecular weight is 284 g/mol. The lowest BCUT2D eigenvalue weighted by molar-refractivity contribution is 0.102. The van der Waals surface area contributed by atoms with Gasteiger partial charge in [-0.3, -0.25) is 14.6 Å². The maximum absolute atomic E-state index is 12.5. The van der Waals surface area contributed by atoms with Crippen LogP contribution in [0.2, 0.25) is 0 Å². The van der Waals surface area contributed by atoms with Gasteiger partial charge in [0.15, 0.2) is 0 Å². The molecule has 108 valence electrons. The van der Waals surface area contributed by atoms with E-state index in [2.05, 4.69) is 20.6 Å². The van der Waals surface area contributed by atoms with E-state index < -0.39 is 0 Å². The zero-order valence-corrected chi connectivity index (χ0v) is 11.9. The number of anilines is 1. The van der Waals surface area contributed by atoms with E-state index in [0.29, 0.717) is 11.4 Å². The highest BCUT2D eigenvalue weighted by Gasteiger charge is 2.18. The van der Waals surface area contributed by atoms with Crippen LogP contribution in [0, 0.1) is 0 Å². The third kappa shape index (κ3) is 2.33. The van der Waals surface area contributed by atoms with E-state index in [4.69, 9.17) is 0 Å². The Morgan fingerprint density at radius 3 is 2.81 bits per heavy atom. The van der Waals surface area contributed by atoms with Gasteiger partial charge in [0.05, 0.1) is 12.4 Å². The van der Waals surface area contributed by atoms with Crippen molar-refractivity contribution in [3.05, 3.63) is 48.0 Å². The monoisotopic (exact) mass is 284 g/mol. The Morgan fingerprint density at radius 2 is 2.10 bits per heavy atom. The molecule has 0 saturated carbocycles. The Kier molecular flexibility index (Phi) is 3.31. The van der Waals surface area contributed by atoms with Gasteiger partial charge in [0.1, 0.15) is 17.2 Å². The molecule has 7 heteroatoms. The van der Waals surface area contributed by atoms with Crippen molar-refractivity contribution in [3.63, 3.8) is 0 Å². The predicted octanol–water partition coefficient (Wildman–Crippen LogP) is 1.75. The molecule has 0 saturated heterocycles. The van der Waals surface area contributed by atoms with E-state index in [1.165, 1.54) is 0 Å². The predicted molar refractivity (Wildman–Crippen MR) is 78.5 cm³/mol. The van der Waals surface area contributed by atoms with Gasteiger partial charge in [-0.2, -0.15) is 10.2 Å². The number of aromatic nitrogens is 5. The van der Waals surface area contributed by atoms with Gasteiger partial charge in [-0.25, -0.2) is 0 Å². The molecular weight excluding hydrogens is 268 g/mol. The first-order valence-corrected chi connectivity index (χ1v) is 6.69. The summed E-state index contributed by atoms with van der Waals surface area (Å²) in [5, 5.41) is 13.8. The van der Waals surface area contributed by atoms with Crippen LogP contribution in [-0.4, -0.2) is 30.5 Å². The number of rotatable bonds is 4. The van der Waals surface area contributed by atoms with Crippen molar-refractivity contribution in [3.8, 4) is 5.82 Å². The van der Waals surface area contributed by atoms with Gasteiger partial charge in [-0.1, -0.05) is 6.92 Å². The Morgan fingerprint density at radius 1 is 1.33 bits per heavy atom.